The molecule has 1 aliphatic rings. The molecule has 3 rings (SSSR count). The smallest absolute Gasteiger partial charge is 0.254 e. The summed E-state index contributed by atoms with van der Waals surface area (Å²) in [5.74, 6) is -0.265. The Bertz CT molecular complexity index is 865. The lowest BCUT2D eigenvalue weighted by Gasteiger charge is -2.22. The molecule has 1 fully saturated rings. The minimum atomic E-state index is -0.105. The van der Waals surface area contributed by atoms with Gasteiger partial charge < -0.3 is 15.1 Å². The summed E-state index contributed by atoms with van der Waals surface area (Å²) in [6, 6.07) is 10.3. The molecule has 7 nitrogen and oxygen atoms in total. The molecule has 1 aliphatic heterocycles. The lowest BCUT2D eigenvalue weighted by Crippen LogP contribution is -2.37. The molecule has 0 unspecified atom stereocenters. The number of rotatable bonds is 4. The quantitative estimate of drug-likeness (QED) is 0.864. The molecule has 152 valence electrons. The first-order valence-corrected chi connectivity index (χ1v) is 9.85. The van der Waals surface area contributed by atoms with Crippen molar-refractivity contribution in [2.24, 2.45) is 5.92 Å². The van der Waals surface area contributed by atoms with E-state index in [1.54, 1.807) is 58.6 Å². The van der Waals surface area contributed by atoms with E-state index in [4.69, 9.17) is 0 Å². The van der Waals surface area contributed by atoms with Crippen LogP contribution in [0.4, 0.5) is 5.69 Å². The van der Waals surface area contributed by atoms with Crippen LogP contribution in [0.3, 0.4) is 0 Å². The minimum Gasteiger partial charge on any atom is -0.337 e. The molecule has 0 saturated carbocycles. The number of hydrogen-bond donors (Lipinski definition) is 1. The number of carbonyl (C=O) groups is 3. The van der Waals surface area contributed by atoms with Crippen molar-refractivity contribution in [3.63, 3.8) is 0 Å². The van der Waals surface area contributed by atoms with Gasteiger partial charge in [0, 0.05) is 61.3 Å². The summed E-state index contributed by atoms with van der Waals surface area (Å²) in [4.78, 5) is 44.8. The summed E-state index contributed by atoms with van der Waals surface area (Å²) in [6.07, 6.45) is 3.94. The van der Waals surface area contributed by atoms with Gasteiger partial charge in [0.15, 0.2) is 0 Å². The van der Waals surface area contributed by atoms with Crippen LogP contribution in [-0.2, 0) is 4.79 Å². The first-order valence-electron chi connectivity index (χ1n) is 9.85. The van der Waals surface area contributed by atoms with Crippen molar-refractivity contribution < 1.29 is 14.4 Å². The molecule has 0 radical (unpaired) electrons. The molecule has 1 aromatic carbocycles. The number of amides is 3. The Morgan fingerprint density at radius 1 is 0.828 bits per heavy atom. The maximum absolute atomic E-state index is 12.9. The van der Waals surface area contributed by atoms with E-state index in [-0.39, 0.29) is 23.6 Å². The third kappa shape index (κ3) is 5.19. The monoisotopic (exact) mass is 394 g/mol. The van der Waals surface area contributed by atoms with Crippen LogP contribution in [0.15, 0.2) is 48.8 Å². The van der Waals surface area contributed by atoms with Gasteiger partial charge in [-0.15, -0.1) is 0 Å². The van der Waals surface area contributed by atoms with Gasteiger partial charge in [-0.1, -0.05) is 13.8 Å². The van der Waals surface area contributed by atoms with Crippen LogP contribution in [0, 0.1) is 5.92 Å². The van der Waals surface area contributed by atoms with Crippen molar-refractivity contribution >= 4 is 23.4 Å². The van der Waals surface area contributed by atoms with Gasteiger partial charge in [0.05, 0.1) is 0 Å². The Kier molecular flexibility index (Phi) is 6.59. The van der Waals surface area contributed by atoms with Crippen LogP contribution < -0.4 is 5.32 Å². The number of anilines is 1. The largest absolute Gasteiger partial charge is 0.337 e. The third-order valence-corrected chi connectivity index (χ3v) is 4.92. The summed E-state index contributed by atoms with van der Waals surface area (Å²) in [5, 5.41) is 2.82. The van der Waals surface area contributed by atoms with E-state index in [1.165, 1.54) is 0 Å². The van der Waals surface area contributed by atoms with Crippen molar-refractivity contribution in [2.75, 3.05) is 31.5 Å². The fraction of sp³-hybridized carbons (Fsp3) is 0.364. The zero-order chi connectivity index (χ0) is 20.8. The summed E-state index contributed by atoms with van der Waals surface area (Å²) in [7, 11) is 0. The lowest BCUT2D eigenvalue weighted by molar-refractivity contribution is -0.118. The SMILES string of the molecule is CC(C)C(=O)Nc1ccc(C(=O)N2CCCN(C(=O)c3ccncc3)CC2)cc1. The minimum absolute atomic E-state index is 0.0352. The summed E-state index contributed by atoms with van der Waals surface area (Å²) >= 11 is 0. The molecule has 2 aromatic rings. The Balaban J connectivity index is 1.60. The average molecular weight is 394 g/mol. The molecular weight excluding hydrogens is 368 g/mol. The number of nitrogens with zero attached hydrogens (tertiary/aromatic N) is 3. The highest BCUT2D eigenvalue weighted by Crippen LogP contribution is 2.15. The first kappa shape index (κ1) is 20.5. The zero-order valence-corrected chi connectivity index (χ0v) is 16.8. The normalized spacial score (nSPS) is 14.4. The fourth-order valence-electron chi connectivity index (χ4n) is 3.17. The Hall–Kier alpha value is -3.22. The number of nitrogens with one attached hydrogen (secondary N) is 1. The summed E-state index contributed by atoms with van der Waals surface area (Å²) < 4.78 is 0. The van der Waals surface area contributed by atoms with E-state index in [9.17, 15) is 14.4 Å². The van der Waals surface area contributed by atoms with Gasteiger partial charge in [-0.25, -0.2) is 0 Å². The fourth-order valence-corrected chi connectivity index (χ4v) is 3.17. The first-order chi connectivity index (χ1) is 14.0. The van der Waals surface area contributed by atoms with Gasteiger partial charge >= 0.3 is 0 Å². The van der Waals surface area contributed by atoms with E-state index >= 15 is 0 Å². The Morgan fingerprint density at radius 3 is 1.86 bits per heavy atom. The van der Waals surface area contributed by atoms with Crippen LogP contribution in [0.5, 0.6) is 0 Å². The molecule has 1 N–H and O–H groups in total. The van der Waals surface area contributed by atoms with E-state index < -0.39 is 0 Å². The average Bonchev–Trinajstić information content (AvgIpc) is 3.00. The topological polar surface area (TPSA) is 82.6 Å². The lowest BCUT2D eigenvalue weighted by atomic mass is 10.1. The number of benzene rings is 1. The van der Waals surface area contributed by atoms with Crippen LogP contribution in [0.1, 0.15) is 41.0 Å². The Labute approximate surface area is 170 Å². The van der Waals surface area contributed by atoms with Crippen molar-refractivity contribution in [3.8, 4) is 0 Å². The molecular formula is C22H26N4O3. The van der Waals surface area contributed by atoms with Crippen LogP contribution in [0.2, 0.25) is 0 Å². The van der Waals surface area contributed by atoms with Gasteiger partial charge in [-0.2, -0.15) is 0 Å². The maximum atomic E-state index is 12.9. The second-order valence-corrected chi connectivity index (χ2v) is 7.40. The van der Waals surface area contributed by atoms with E-state index in [0.29, 0.717) is 43.0 Å². The molecule has 0 atom stereocenters. The molecule has 3 amide bonds. The summed E-state index contributed by atoms with van der Waals surface area (Å²) in [5.41, 5.74) is 1.85. The van der Waals surface area contributed by atoms with Crippen molar-refractivity contribution in [3.05, 3.63) is 59.9 Å². The number of aromatic nitrogens is 1. The molecule has 0 bridgehead atoms. The Morgan fingerprint density at radius 2 is 1.34 bits per heavy atom. The zero-order valence-electron chi connectivity index (χ0n) is 16.8. The van der Waals surface area contributed by atoms with Gasteiger partial charge in [-0.3, -0.25) is 19.4 Å². The maximum Gasteiger partial charge on any atom is 0.254 e. The molecule has 29 heavy (non-hydrogen) atoms. The molecule has 7 heteroatoms. The number of hydrogen-bond acceptors (Lipinski definition) is 4. The standard InChI is InChI=1S/C22H26N4O3/c1-16(2)20(27)24-19-6-4-17(5-7-19)21(28)25-12-3-13-26(15-14-25)22(29)18-8-10-23-11-9-18/h4-11,16H,3,12-15H2,1-2H3,(H,24,27). The van der Waals surface area contributed by atoms with E-state index in [2.05, 4.69) is 10.3 Å². The van der Waals surface area contributed by atoms with Crippen LogP contribution >= 0.6 is 0 Å². The second-order valence-electron chi connectivity index (χ2n) is 7.40. The molecule has 1 aromatic heterocycles. The van der Waals surface area contributed by atoms with Gasteiger partial charge in [0.2, 0.25) is 5.91 Å². The number of pyridine rings is 1. The van der Waals surface area contributed by atoms with Gasteiger partial charge in [0.25, 0.3) is 11.8 Å². The molecule has 0 aliphatic carbocycles. The third-order valence-electron chi connectivity index (χ3n) is 4.92. The second kappa shape index (κ2) is 9.32. The van der Waals surface area contributed by atoms with Crippen molar-refractivity contribution in [2.45, 2.75) is 20.3 Å². The van der Waals surface area contributed by atoms with E-state index in [1.807, 2.05) is 13.8 Å². The van der Waals surface area contributed by atoms with Gasteiger partial charge in [-0.05, 0) is 42.8 Å². The van der Waals surface area contributed by atoms with E-state index in [0.717, 1.165) is 6.42 Å². The predicted molar refractivity (Wildman–Crippen MR) is 111 cm³/mol. The highest BCUT2D eigenvalue weighted by Gasteiger charge is 2.23. The highest BCUT2D eigenvalue weighted by atomic mass is 16.2. The highest BCUT2D eigenvalue weighted by molar-refractivity contribution is 5.96. The van der Waals surface area contributed by atoms with Gasteiger partial charge in [0.1, 0.15) is 0 Å². The van der Waals surface area contributed by atoms with Crippen LogP contribution in [-0.4, -0.2) is 58.7 Å². The summed E-state index contributed by atoms with van der Waals surface area (Å²) in [6.45, 7) is 5.86. The molecule has 1 saturated heterocycles. The predicted octanol–water partition coefficient (Wildman–Crippen LogP) is 2.66. The molecule has 0 spiro atoms. The van der Waals surface area contributed by atoms with Crippen molar-refractivity contribution in [1.29, 1.82) is 0 Å². The van der Waals surface area contributed by atoms with Crippen LogP contribution in [0.25, 0.3) is 0 Å². The molecule has 2 heterocycles. The number of carbonyl (C=O) groups excluding carboxylic acids is 3. The van der Waals surface area contributed by atoms with Crippen molar-refractivity contribution in [1.82, 2.24) is 14.8 Å².